The largest absolute Gasteiger partial charge is 0.475 e. The number of nitrogens with zero attached hydrogens (tertiary/aromatic N) is 3. The minimum atomic E-state index is -4.73. The van der Waals surface area contributed by atoms with Crippen LogP contribution in [0.15, 0.2) is 0 Å². The molecule has 0 amide bonds. The lowest BCUT2D eigenvalue weighted by Crippen LogP contribution is -2.14. The molecule has 0 aliphatic carbocycles. The molecule has 0 atom stereocenters. The van der Waals surface area contributed by atoms with Crippen molar-refractivity contribution in [2.24, 2.45) is 12.8 Å². The molecular formula is C6H7F3N4O2. The standard InChI is InChI=1S/C6H7F3N4O2/c1-12-3(2-10)4(13(14)15)11-5(12)6(7,8)9/h2,10H2,1H3. The van der Waals surface area contributed by atoms with Crippen molar-refractivity contribution in [1.82, 2.24) is 9.55 Å². The zero-order valence-electron chi connectivity index (χ0n) is 7.58. The normalized spacial score (nSPS) is 11.8. The Balaban J connectivity index is 3.40. The van der Waals surface area contributed by atoms with Gasteiger partial charge in [0.2, 0.25) is 0 Å². The maximum Gasteiger partial charge on any atom is 0.475 e. The van der Waals surface area contributed by atoms with Crippen LogP contribution >= 0.6 is 0 Å². The lowest BCUT2D eigenvalue weighted by molar-refractivity contribution is -0.390. The number of nitrogens with two attached hydrogens (primary N) is 1. The van der Waals surface area contributed by atoms with Gasteiger partial charge in [-0.1, -0.05) is 0 Å². The molecule has 0 radical (unpaired) electrons. The minimum absolute atomic E-state index is 0.257. The molecular weight excluding hydrogens is 217 g/mol. The Morgan fingerprint density at radius 1 is 1.60 bits per heavy atom. The number of hydrogen-bond acceptors (Lipinski definition) is 4. The lowest BCUT2D eigenvalue weighted by Gasteiger charge is -2.02. The second-order valence-electron chi connectivity index (χ2n) is 2.72. The molecule has 6 nitrogen and oxygen atoms in total. The fourth-order valence-electron chi connectivity index (χ4n) is 1.15. The van der Waals surface area contributed by atoms with Crippen LogP contribution in [0.3, 0.4) is 0 Å². The Labute approximate surface area is 81.7 Å². The maximum atomic E-state index is 12.3. The summed E-state index contributed by atoms with van der Waals surface area (Å²) in [5, 5.41) is 10.4. The van der Waals surface area contributed by atoms with Gasteiger partial charge in [0.25, 0.3) is 0 Å². The van der Waals surface area contributed by atoms with E-state index in [1.807, 2.05) is 0 Å². The Morgan fingerprint density at radius 2 is 2.13 bits per heavy atom. The van der Waals surface area contributed by atoms with E-state index in [0.717, 1.165) is 7.05 Å². The van der Waals surface area contributed by atoms with E-state index in [9.17, 15) is 23.3 Å². The summed E-state index contributed by atoms with van der Waals surface area (Å²) >= 11 is 0. The average molecular weight is 224 g/mol. The molecule has 1 rings (SSSR count). The summed E-state index contributed by atoms with van der Waals surface area (Å²) in [4.78, 5) is 12.3. The lowest BCUT2D eigenvalue weighted by atomic mass is 10.4. The first kappa shape index (κ1) is 11.4. The summed E-state index contributed by atoms with van der Waals surface area (Å²) in [5.74, 6) is -2.18. The summed E-state index contributed by atoms with van der Waals surface area (Å²) in [6.07, 6.45) is -4.73. The quantitative estimate of drug-likeness (QED) is 0.594. The van der Waals surface area contributed by atoms with E-state index in [1.165, 1.54) is 0 Å². The number of nitro groups is 1. The van der Waals surface area contributed by atoms with Crippen molar-refractivity contribution in [2.75, 3.05) is 0 Å². The van der Waals surface area contributed by atoms with Crippen molar-refractivity contribution in [3.63, 3.8) is 0 Å². The third-order valence-electron chi connectivity index (χ3n) is 1.81. The molecule has 0 aromatic carbocycles. The number of hydrogen-bond donors (Lipinski definition) is 1. The minimum Gasteiger partial charge on any atom is -0.358 e. The molecule has 2 N–H and O–H groups in total. The van der Waals surface area contributed by atoms with Crippen LogP contribution in [0.5, 0.6) is 0 Å². The molecule has 15 heavy (non-hydrogen) atoms. The first-order chi connectivity index (χ1) is 6.79. The number of aromatic nitrogens is 2. The third-order valence-corrected chi connectivity index (χ3v) is 1.81. The van der Waals surface area contributed by atoms with Crippen molar-refractivity contribution in [3.05, 3.63) is 21.6 Å². The fraction of sp³-hybridized carbons (Fsp3) is 0.500. The maximum absolute atomic E-state index is 12.3. The van der Waals surface area contributed by atoms with Crippen LogP contribution in [0.2, 0.25) is 0 Å². The zero-order chi connectivity index (χ0) is 11.8. The molecule has 0 spiro atoms. The monoisotopic (exact) mass is 224 g/mol. The van der Waals surface area contributed by atoms with Crippen molar-refractivity contribution in [1.29, 1.82) is 0 Å². The number of imidazole rings is 1. The summed E-state index contributed by atoms with van der Waals surface area (Å²) in [6.45, 7) is -0.379. The SMILES string of the molecule is Cn1c(C(F)(F)F)nc([N+](=O)[O-])c1CN. The highest BCUT2D eigenvalue weighted by molar-refractivity contribution is 5.30. The van der Waals surface area contributed by atoms with Crippen LogP contribution in [0.4, 0.5) is 19.0 Å². The highest BCUT2D eigenvalue weighted by atomic mass is 19.4. The summed E-state index contributed by atoms with van der Waals surface area (Å²) < 4.78 is 37.5. The van der Waals surface area contributed by atoms with Crippen LogP contribution in [-0.4, -0.2) is 14.5 Å². The van der Waals surface area contributed by atoms with E-state index in [-0.39, 0.29) is 12.2 Å². The van der Waals surface area contributed by atoms with Gasteiger partial charge < -0.3 is 15.8 Å². The second kappa shape index (κ2) is 3.50. The molecule has 84 valence electrons. The van der Waals surface area contributed by atoms with Gasteiger partial charge in [-0.05, 0) is 9.91 Å². The predicted molar refractivity (Wildman–Crippen MR) is 42.8 cm³/mol. The summed E-state index contributed by atoms with van der Waals surface area (Å²) in [7, 11) is 1.03. The van der Waals surface area contributed by atoms with Crippen LogP contribution < -0.4 is 5.73 Å². The summed E-state index contributed by atoms with van der Waals surface area (Å²) in [5.41, 5.74) is 4.86. The molecule has 1 aromatic heterocycles. The van der Waals surface area contributed by atoms with Gasteiger partial charge in [-0.3, -0.25) is 4.57 Å². The van der Waals surface area contributed by atoms with Crippen LogP contribution in [-0.2, 0) is 19.8 Å². The van der Waals surface area contributed by atoms with Crippen LogP contribution in [0, 0.1) is 10.1 Å². The van der Waals surface area contributed by atoms with Gasteiger partial charge in [-0.25, -0.2) is 0 Å². The van der Waals surface area contributed by atoms with E-state index in [0.29, 0.717) is 4.57 Å². The van der Waals surface area contributed by atoms with E-state index in [2.05, 4.69) is 4.98 Å². The van der Waals surface area contributed by atoms with Gasteiger partial charge in [0.05, 0.1) is 0 Å². The Hall–Kier alpha value is -1.64. The zero-order valence-corrected chi connectivity index (χ0v) is 7.58. The van der Waals surface area contributed by atoms with E-state index in [1.54, 1.807) is 0 Å². The van der Waals surface area contributed by atoms with E-state index >= 15 is 0 Å². The average Bonchev–Trinajstić information content (AvgIpc) is 2.41. The highest BCUT2D eigenvalue weighted by Gasteiger charge is 2.44. The van der Waals surface area contributed by atoms with Gasteiger partial charge in [0, 0.05) is 13.6 Å². The van der Waals surface area contributed by atoms with Gasteiger partial charge >= 0.3 is 17.8 Å². The first-order valence-electron chi connectivity index (χ1n) is 3.76. The summed E-state index contributed by atoms with van der Waals surface area (Å²) in [6, 6.07) is 0. The molecule has 0 aliphatic rings. The fourth-order valence-corrected chi connectivity index (χ4v) is 1.15. The Bertz CT molecular complexity index is 398. The van der Waals surface area contributed by atoms with E-state index in [4.69, 9.17) is 5.73 Å². The molecule has 0 saturated heterocycles. The Kier molecular flexibility index (Phi) is 2.67. The van der Waals surface area contributed by atoms with Crippen molar-refractivity contribution >= 4 is 5.82 Å². The molecule has 0 aliphatic heterocycles. The van der Waals surface area contributed by atoms with Gasteiger partial charge in [0.1, 0.15) is 5.69 Å². The van der Waals surface area contributed by atoms with Crippen molar-refractivity contribution in [3.8, 4) is 0 Å². The molecule has 0 bridgehead atoms. The van der Waals surface area contributed by atoms with Crippen LogP contribution in [0.1, 0.15) is 11.5 Å². The number of halogens is 3. The van der Waals surface area contributed by atoms with Gasteiger partial charge in [-0.2, -0.15) is 13.2 Å². The number of rotatable bonds is 2. The number of alkyl halides is 3. The predicted octanol–water partition coefficient (Wildman–Crippen LogP) is 0.806. The molecule has 0 unspecified atom stereocenters. The third kappa shape index (κ3) is 1.91. The topological polar surface area (TPSA) is 87.0 Å². The molecule has 0 saturated carbocycles. The molecule has 1 heterocycles. The van der Waals surface area contributed by atoms with E-state index < -0.39 is 22.7 Å². The van der Waals surface area contributed by atoms with Gasteiger partial charge in [-0.15, -0.1) is 0 Å². The molecule has 0 fully saturated rings. The van der Waals surface area contributed by atoms with Crippen molar-refractivity contribution in [2.45, 2.75) is 12.7 Å². The van der Waals surface area contributed by atoms with Gasteiger partial charge in [0.15, 0.2) is 0 Å². The molecule has 9 heteroatoms. The van der Waals surface area contributed by atoms with Crippen LogP contribution in [0.25, 0.3) is 0 Å². The second-order valence-corrected chi connectivity index (χ2v) is 2.72. The molecule has 1 aromatic rings. The smallest absolute Gasteiger partial charge is 0.358 e. The highest BCUT2D eigenvalue weighted by Crippen LogP contribution is 2.31. The van der Waals surface area contributed by atoms with Crippen molar-refractivity contribution < 1.29 is 18.1 Å². The Morgan fingerprint density at radius 3 is 2.40 bits per heavy atom. The first-order valence-corrected chi connectivity index (χ1v) is 3.76.